The van der Waals surface area contributed by atoms with E-state index in [1.165, 1.54) is 0 Å². The smallest absolute Gasteiger partial charge is 0.387 e. The van der Waals surface area contributed by atoms with Crippen molar-refractivity contribution in [2.24, 2.45) is 0 Å². The van der Waals surface area contributed by atoms with Gasteiger partial charge < -0.3 is 44.8 Å². The van der Waals surface area contributed by atoms with Crippen LogP contribution < -0.4 is 16.6 Å². The number of hydrogen-bond donors (Lipinski definition) is 7. The highest BCUT2D eigenvalue weighted by molar-refractivity contribution is 7.72. The summed E-state index contributed by atoms with van der Waals surface area (Å²) in [5.74, 6) is -1.27. The number of nitrogens with one attached hydrogen (secondary N) is 2. The number of nitrogen functional groups attached to an aromatic ring is 1. The molecule has 8 N–H and O–H groups in total. The Morgan fingerprint density at radius 3 is 2.61 bits per heavy atom. The molecule has 1 fully saturated rings. The summed E-state index contributed by atoms with van der Waals surface area (Å²) in [6.45, 7) is -2.19. The lowest BCUT2D eigenvalue weighted by molar-refractivity contribution is -0.118. The topological polar surface area (TPSA) is 261 Å². The van der Waals surface area contributed by atoms with Crippen molar-refractivity contribution in [2.45, 2.75) is 36.4 Å². The first-order valence-electron chi connectivity index (χ1n) is 10.5. The Labute approximate surface area is 215 Å². The van der Waals surface area contributed by atoms with Gasteiger partial charge in [-0.1, -0.05) is 0 Å². The van der Waals surface area contributed by atoms with Crippen molar-refractivity contribution in [3.8, 4) is 0 Å². The van der Waals surface area contributed by atoms with Gasteiger partial charge in [0.2, 0.25) is 11.9 Å². The first kappa shape index (κ1) is 30.5. The fourth-order valence-electron chi connectivity index (χ4n) is 3.25. The summed E-state index contributed by atoms with van der Waals surface area (Å²) in [5, 5.41) is 17.6. The highest BCUT2D eigenvalue weighted by Gasteiger charge is 2.66. The number of aromatic nitrogens is 4. The molecule has 0 bridgehead atoms. The summed E-state index contributed by atoms with van der Waals surface area (Å²) in [6.07, 6.45) is -6.06. The number of carbonyl (C=O) groups is 1. The first-order chi connectivity index (χ1) is 17.6. The first-order valence-corrected chi connectivity index (χ1v) is 14.2. The maximum Gasteiger partial charge on any atom is 0.443 e. The predicted octanol–water partition coefficient (Wildman–Crippen LogP) is -0.980. The van der Waals surface area contributed by atoms with Gasteiger partial charge in [-0.2, -0.15) is 13.8 Å². The van der Waals surface area contributed by atoms with Crippen LogP contribution in [0.5, 0.6) is 0 Å². The Hall–Kier alpha value is -2.05. The molecule has 3 heterocycles. The number of amides is 1. The molecule has 22 heteroatoms. The molecule has 1 aliphatic heterocycles. The molecule has 38 heavy (non-hydrogen) atoms. The number of aliphatic hydroxyl groups excluding tert-OH is 2. The van der Waals surface area contributed by atoms with Crippen LogP contribution in [0.15, 0.2) is 11.1 Å². The van der Waals surface area contributed by atoms with E-state index in [0.717, 1.165) is 10.9 Å². The summed E-state index contributed by atoms with van der Waals surface area (Å²) < 4.78 is 68.1. The van der Waals surface area contributed by atoms with Crippen molar-refractivity contribution < 1.29 is 56.5 Å². The third kappa shape index (κ3) is 6.07. The van der Waals surface area contributed by atoms with E-state index in [-0.39, 0.29) is 36.0 Å². The molecule has 3 rings (SSSR count). The molecule has 2 aromatic rings. The van der Waals surface area contributed by atoms with E-state index >= 15 is 0 Å². The van der Waals surface area contributed by atoms with Crippen molar-refractivity contribution in [1.29, 1.82) is 0 Å². The SMILES string of the molecule is Nc1nc2c(ncn2[C@@H]2O[C@H](COP(=O)(O)C(F)(F)P(=O)(O)OCCCNC(=O)CCl)[C@@H](O)[C@H]2O)c(=O)[nH]1. The van der Waals surface area contributed by atoms with Crippen LogP contribution >= 0.6 is 26.8 Å². The van der Waals surface area contributed by atoms with E-state index < -0.39 is 69.8 Å². The largest absolute Gasteiger partial charge is 0.443 e. The molecule has 0 radical (unpaired) electrons. The number of rotatable bonds is 12. The number of anilines is 1. The number of H-pyrrole nitrogens is 1. The molecular weight excluding hydrogens is 588 g/mol. The van der Waals surface area contributed by atoms with E-state index in [9.17, 15) is 47.5 Å². The summed E-state index contributed by atoms with van der Waals surface area (Å²) in [5.41, 5.74) is 4.40. The number of hydrogen-bond acceptors (Lipinski definition) is 12. The highest BCUT2D eigenvalue weighted by atomic mass is 35.5. The fraction of sp³-hybridized carbons (Fsp3) is 0.625. The Morgan fingerprint density at radius 2 is 1.95 bits per heavy atom. The van der Waals surface area contributed by atoms with Crippen LogP contribution in [0.25, 0.3) is 11.2 Å². The molecule has 2 unspecified atom stereocenters. The summed E-state index contributed by atoms with van der Waals surface area (Å²) in [7, 11) is -12.3. The molecule has 1 saturated heterocycles. The lowest BCUT2D eigenvalue weighted by atomic mass is 10.1. The molecule has 2 aromatic heterocycles. The second-order valence-electron chi connectivity index (χ2n) is 7.84. The quantitative estimate of drug-likeness (QED) is 0.0865. The summed E-state index contributed by atoms with van der Waals surface area (Å²) >= 11 is 5.25. The number of aromatic amines is 1. The number of nitrogens with two attached hydrogens (primary N) is 1. The average molecular weight is 611 g/mol. The van der Waals surface area contributed by atoms with E-state index in [2.05, 4.69) is 29.3 Å². The summed E-state index contributed by atoms with van der Waals surface area (Å²) in [4.78, 5) is 52.2. The molecule has 0 spiro atoms. The van der Waals surface area contributed by atoms with Crippen LogP contribution in [-0.2, 0) is 27.7 Å². The Kier molecular flexibility index (Phi) is 9.30. The van der Waals surface area contributed by atoms with Crippen molar-refractivity contribution in [3.05, 3.63) is 16.7 Å². The number of fused-ring (bicyclic) bond motifs is 1. The Bertz CT molecular complexity index is 1330. The number of nitrogens with zero attached hydrogens (tertiary/aromatic N) is 3. The molecule has 6 atom stereocenters. The number of aliphatic hydroxyl groups is 2. The fourth-order valence-corrected chi connectivity index (χ4v) is 6.01. The molecule has 1 amide bonds. The van der Waals surface area contributed by atoms with Gasteiger partial charge in [-0.15, -0.1) is 11.6 Å². The minimum absolute atomic E-state index is 0.145. The van der Waals surface area contributed by atoms with E-state index in [0.29, 0.717) is 0 Å². The van der Waals surface area contributed by atoms with E-state index in [1.54, 1.807) is 0 Å². The zero-order valence-corrected chi connectivity index (χ0v) is 21.6. The monoisotopic (exact) mass is 610 g/mol. The van der Waals surface area contributed by atoms with Crippen molar-refractivity contribution in [2.75, 3.05) is 31.4 Å². The van der Waals surface area contributed by atoms with Gasteiger partial charge >= 0.3 is 20.6 Å². The standard InChI is InChI=1S/C16H23ClF2N6O11P2/c17-4-8(26)21-2-1-3-34-37(30,31)16(18,19)38(32,33)35-5-7-10(27)11(28)14(36-7)25-6-22-9-12(25)23-15(20)24-13(9)29/h6-7,10-11,14,27-28H,1-5H2,(H,21,26)(H,30,31)(H,32,33)(H3,20,23,24,29)/t7-,10-,11-,14-/m1/s1. The molecule has 0 aliphatic carbocycles. The van der Waals surface area contributed by atoms with Gasteiger partial charge in [0.05, 0.1) is 19.5 Å². The third-order valence-electron chi connectivity index (χ3n) is 5.19. The highest BCUT2D eigenvalue weighted by Crippen LogP contribution is 2.75. The van der Waals surface area contributed by atoms with E-state index in [4.69, 9.17) is 22.1 Å². The Morgan fingerprint density at radius 1 is 1.29 bits per heavy atom. The van der Waals surface area contributed by atoms with Gasteiger partial charge in [0.15, 0.2) is 17.4 Å². The zero-order chi connectivity index (χ0) is 28.5. The van der Waals surface area contributed by atoms with Gasteiger partial charge in [0.1, 0.15) is 24.2 Å². The van der Waals surface area contributed by atoms with Gasteiger partial charge in [0.25, 0.3) is 5.56 Å². The minimum atomic E-state index is -6.25. The lowest BCUT2D eigenvalue weighted by Gasteiger charge is -2.26. The van der Waals surface area contributed by atoms with Crippen LogP contribution in [0.3, 0.4) is 0 Å². The van der Waals surface area contributed by atoms with Gasteiger partial charge in [-0.25, -0.2) is 4.98 Å². The van der Waals surface area contributed by atoms with Crippen molar-refractivity contribution in [3.63, 3.8) is 0 Å². The third-order valence-corrected chi connectivity index (χ3v) is 9.34. The second kappa shape index (κ2) is 11.6. The maximum absolute atomic E-state index is 14.5. The predicted molar refractivity (Wildman–Crippen MR) is 123 cm³/mol. The molecule has 1 aliphatic rings. The minimum Gasteiger partial charge on any atom is -0.387 e. The van der Waals surface area contributed by atoms with Crippen molar-refractivity contribution in [1.82, 2.24) is 24.8 Å². The number of ether oxygens (including phenoxy) is 1. The van der Waals surface area contributed by atoms with Crippen molar-refractivity contribution >= 4 is 49.8 Å². The van der Waals surface area contributed by atoms with Crippen LogP contribution in [0, 0.1) is 0 Å². The maximum atomic E-state index is 14.5. The molecular formula is C16H23ClF2N6O11P2. The molecule has 17 nitrogen and oxygen atoms in total. The second-order valence-corrected chi connectivity index (χ2v) is 12.2. The van der Waals surface area contributed by atoms with Gasteiger partial charge in [-0.05, 0) is 6.42 Å². The van der Waals surface area contributed by atoms with Crippen LogP contribution in [0.1, 0.15) is 12.6 Å². The number of carbonyl (C=O) groups excluding carboxylic acids is 1. The zero-order valence-electron chi connectivity index (χ0n) is 19.0. The summed E-state index contributed by atoms with van der Waals surface area (Å²) in [6, 6.07) is 0. The van der Waals surface area contributed by atoms with Crippen LogP contribution in [-0.4, -0.2) is 94.8 Å². The number of halogens is 3. The Balaban J connectivity index is 1.65. The molecule has 0 aromatic carbocycles. The van der Waals surface area contributed by atoms with Gasteiger partial charge in [0, 0.05) is 6.54 Å². The number of alkyl halides is 3. The average Bonchev–Trinajstić information content (AvgIpc) is 3.38. The molecule has 214 valence electrons. The van der Waals surface area contributed by atoms with Crippen LogP contribution in [0.2, 0.25) is 0 Å². The lowest BCUT2D eigenvalue weighted by Crippen LogP contribution is -2.34. The van der Waals surface area contributed by atoms with E-state index in [1.807, 2.05) is 0 Å². The van der Waals surface area contributed by atoms with Crippen LogP contribution in [0.4, 0.5) is 14.7 Å². The molecule has 0 saturated carbocycles. The number of imidazole rings is 1. The normalized spacial score (nSPS) is 25.2. The van der Waals surface area contributed by atoms with Gasteiger partial charge in [-0.3, -0.25) is 28.3 Å².